The number of aliphatic carboxylic acids is 1. The molecular weight excluding hydrogens is 469 g/mol. The maximum atomic E-state index is 12.6. The highest BCUT2D eigenvalue weighted by Crippen LogP contribution is 2.59. The number of halogens is 2. The lowest BCUT2D eigenvalue weighted by Gasteiger charge is -2.47. The smallest absolute Gasteiger partial charge is 0.329 e. The molecule has 6 heteroatoms. The average Bonchev–Trinajstić information content (AvgIpc) is 3.14. The number of hydrogen-bond donors (Lipinski definition) is 2. The predicted molar refractivity (Wildman–Crippen MR) is 136 cm³/mol. The lowest BCUT2D eigenvalue weighted by Crippen LogP contribution is -2.52. The largest absolute Gasteiger partial charge is 0.495 e. The zero-order valence-electron chi connectivity index (χ0n) is 19.0. The number of carboxylic acid groups (broad SMARTS) is 1. The number of methoxy groups -OCH3 is 1. The number of nitrogens with one attached hydrogen (secondary N) is 1. The Morgan fingerprint density at radius 2 is 1.74 bits per heavy atom. The SMILES string of the molecule is COc1cccc(C2Cc3ccccc3C23CCC(Nc2cccc(Cl)c2)(C(=O)O)CC3)c1Cl. The Morgan fingerprint density at radius 1 is 1.00 bits per heavy atom. The number of benzene rings is 3. The second kappa shape index (κ2) is 8.83. The fourth-order valence-corrected chi connectivity index (χ4v) is 6.65. The van der Waals surface area contributed by atoms with Crippen molar-refractivity contribution in [3.63, 3.8) is 0 Å². The first-order chi connectivity index (χ1) is 16.4. The summed E-state index contributed by atoms with van der Waals surface area (Å²) in [5, 5.41) is 14.9. The number of anilines is 1. The third kappa shape index (κ3) is 3.73. The highest BCUT2D eigenvalue weighted by atomic mass is 35.5. The van der Waals surface area contributed by atoms with E-state index in [1.54, 1.807) is 19.2 Å². The molecule has 2 aliphatic carbocycles. The maximum Gasteiger partial charge on any atom is 0.329 e. The van der Waals surface area contributed by atoms with Crippen LogP contribution < -0.4 is 10.1 Å². The van der Waals surface area contributed by atoms with Crippen LogP contribution in [0, 0.1) is 0 Å². The third-order valence-electron chi connectivity index (χ3n) is 7.85. The molecule has 2 N–H and O–H groups in total. The highest BCUT2D eigenvalue weighted by Gasteiger charge is 2.54. The Hall–Kier alpha value is -2.69. The van der Waals surface area contributed by atoms with Gasteiger partial charge in [0.25, 0.3) is 0 Å². The zero-order chi connectivity index (χ0) is 23.9. The summed E-state index contributed by atoms with van der Waals surface area (Å²) in [6.45, 7) is 0. The molecule has 1 saturated carbocycles. The van der Waals surface area contributed by atoms with Crippen LogP contribution in [0.2, 0.25) is 10.0 Å². The molecule has 0 aliphatic heterocycles. The van der Waals surface area contributed by atoms with Gasteiger partial charge < -0.3 is 15.2 Å². The van der Waals surface area contributed by atoms with Gasteiger partial charge in [0.15, 0.2) is 0 Å². The Kier molecular flexibility index (Phi) is 5.99. The van der Waals surface area contributed by atoms with Gasteiger partial charge in [-0.1, -0.05) is 65.7 Å². The van der Waals surface area contributed by atoms with E-state index in [0.29, 0.717) is 28.6 Å². The number of carboxylic acids is 1. The normalized spacial score (nSPS) is 25.7. The molecule has 4 nitrogen and oxygen atoms in total. The van der Waals surface area contributed by atoms with Gasteiger partial charge >= 0.3 is 5.97 Å². The van der Waals surface area contributed by atoms with Gasteiger partial charge in [-0.3, -0.25) is 0 Å². The zero-order valence-corrected chi connectivity index (χ0v) is 20.5. The van der Waals surface area contributed by atoms with Crippen LogP contribution in [0.25, 0.3) is 0 Å². The summed E-state index contributed by atoms with van der Waals surface area (Å²) < 4.78 is 5.51. The topological polar surface area (TPSA) is 58.6 Å². The molecule has 0 amide bonds. The Labute approximate surface area is 209 Å². The first-order valence-electron chi connectivity index (χ1n) is 11.6. The first-order valence-corrected chi connectivity index (χ1v) is 12.3. The number of fused-ring (bicyclic) bond motifs is 2. The minimum Gasteiger partial charge on any atom is -0.495 e. The molecule has 0 saturated heterocycles. The van der Waals surface area contributed by atoms with Crippen LogP contribution in [0.5, 0.6) is 5.75 Å². The van der Waals surface area contributed by atoms with Crippen LogP contribution in [0.3, 0.4) is 0 Å². The van der Waals surface area contributed by atoms with E-state index in [0.717, 1.165) is 30.5 Å². The standard InChI is InChI=1S/C28H27Cl2NO3/c1-34-24-11-5-9-21(25(24)30)23-16-18-6-2-3-10-22(18)27(23)12-14-28(15-13-27,26(32)33)31-20-8-4-7-19(29)17-20/h2-11,17,23,31H,12-16H2,1H3,(H,32,33). The molecule has 1 fully saturated rings. The summed E-state index contributed by atoms with van der Waals surface area (Å²) in [6, 6.07) is 21.8. The summed E-state index contributed by atoms with van der Waals surface area (Å²) in [5.74, 6) is -0.00128. The molecule has 0 heterocycles. The van der Waals surface area contributed by atoms with Crippen molar-refractivity contribution in [1.29, 1.82) is 0 Å². The van der Waals surface area contributed by atoms with Gasteiger partial charge in [-0.05, 0) is 79.0 Å². The summed E-state index contributed by atoms with van der Waals surface area (Å²) in [7, 11) is 1.63. The molecular formula is C28H27Cl2NO3. The number of ether oxygens (including phenoxy) is 1. The molecule has 0 aromatic heterocycles. The predicted octanol–water partition coefficient (Wildman–Crippen LogP) is 7.09. The van der Waals surface area contributed by atoms with Gasteiger partial charge in [-0.2, -0.15) is 0 Å². The molecule has 1 spiro atoms. The van der Waals surface area contributed by atoms with Crippen molar-refractivity contribution in [2.24, 2.45) is 0 Å². The highest BCUT2D eigenvalue weighted by molar-refractivity contribution is 6.33. The Bertz CT molecular complexity index is 1230. The molecule has 3 aromatic rings. The van der Waals surface area contributed by atoms with Gasteiger partial charge in [-0.25, -0.2) is 4.79 Å². The van der Waals surface area contributed by atoms with Crippen molar-refractivity contribution >= 4 is 34.9 Å². The van der Waals surface area contributed by atoms with Crippen molar-refractivity contribution in [1.82, 2.24) is 0 Å². The molecule has 0 bridgehead atoms. The molecule has 0 radical (unpaired) electrons. The first kappa shape index (κ1) is 23.1. The minimum atomic E-state index is -1.05. The van der Waals surface area contributed by atoms with Crippen molar-refractivity contribution in [3.05, 3.63) is 93.5 Å². The van der Waals surface area contributed by atoms with E-state index in [2.05, 4.69) is 35.6 Å². The van der Waals surface area contributed by atoms with Crippen LogP contribution in [-0.2, 0) is 16.6 Å². The van der Waals surface area contributed by atoms with Crippen molar-refractivity contribution < 1.29 is 14.6 Å². The quantitative estimate of drug-likeness (QED) is 0.396. The van der Waals surface area contributed by atoms with Crippen LogP contribution in [0.15, 0.2) is 66.7 Å². The van der Waals surface area contributed by atoms with Crippen molar-refractivity contribution in [2.45, 2.75) is 49.0 Å². The Balaban J connectivity index is 1.53. The van der Waals surface area contributed by atoms with Crippen LogP contribution in [0.1, 0.15) is 48.3 Å². The van der Waals surface area contributed by atoms with Gasteiger partial charge in [0.2, 0.25) is 0 Å². The number of hydrogen-bond acceptors (Lipinski definition) is 3. The maximum absolute atomic E-state index is 12.6. The minimum absolute atomic E-state index is 0.158. The Morgan fingerprint density at radius 3 is 2.44 bits per heavy atom. The summed E-state index contributed by atoms with van der Waals surface area (Å²) in [5.41, 5.74) is 3.21. The fourth-order valence-electron chi connectivity index (χ4n) is 6.12. The molecule has 3 aromatic carbocycles. The van der Waals surface area contributed by atoms with Crippen molar-refractivity contribution in [2.75, 3.05) is 12.4 Å². The molecule has 34 heavy (non-hydrogen) atoms. The molecule has 1 unspecified atom stereocenters. The second-order valence-corrected chi connectivity index (χ2v) is 10.3. The summed E-state index contributed by atoms with van der Waals surface area (Å²) >= 11 is 13.0. The van der Waals surface area contributed by atoms with E-state index in [9.17, 15) is 9.90 Å². The van der Waals surface area contributed by atoms with Gasteiger partial charge in [0.1, 0.15) is 11.3 Å². The summed E-state index contributed by atoms with van der Waals surface area (Å²) in [4.78, 5) is 12.6. The summed E-state index contributed by atoms with van der Waals surface area (Å²) in [6.07, 6.45) is 3.36. The van der Waals surface area contributed by atoms with E-state index in [-0.39, 0.29) is 11.3 Å². The number of rotatable bonds is 5. The van der Waals surface area contributed by atoms with E-state index in [1.807, 2.05) is 24.3 Å². The van der Waals surface area contributed by atoms with Gasteiger partial charge in [-0.15, -0.1) is 0 Å². The van der Waals surface area contributed by atoms with Gasteiger partial charge in [0, 0.05) is 16.1 Å². The molecule has 5 rings (SSSR count). The van der Waals surface area contributed by atoms with Crippen LogP contribution >= 0.6 is 23.2 Å². The second-order valence-electron chi connectivity index (χ2n) is 9.46. The molecule has 1 atom stereocenters. The van der Waals surface area contributed by atoms with E-state index in [1.165, 1.54) is 11.1 Å². The van der Waals surface area contributed by atoms with Crippen LogP contribution in [0.4, 0.5) is 5.69 Å². The van der Waals surface area contributed by atoms with Crippen molar-refractivity contribution in [3.8, 4) is 5.75 Å². The van der Waals surface area contributed by atoms with Gasteiger partial charge in [0.05, 0.1) is 12.1 Å². The number of carbonyl (C=O) groups is 1. The monoisotopic (exact) mass is 495 g/mol. The molecule has 2 aliphatic rings. The van der Waals surface area contributed by atoms with E-state index >= 15 is 0 Å². The third-order valence-corrected chi connectivity index (χ3v) is 8.49. The molecule has 176 valence electrons. The fraction of sp³-hybridized carbons (Fsp3) is 0.321. The lowest BCUT2D eigenvalue weighted by atomic mass is 9.59. The van der Waals surface area contributed by atoms with Crippen LogP contribution in [-0.4, -0.2) is 23.7 Å². The van der Waals surface area contributed by atoms with E-state index in [4.69, 9.17) is 27.9 Å². The average molecular weight is 496 g/mol. The lowest BCUT2D eigenvalue weighted by molar-refractivity contribution is -0.144. The van der Waals surface area contributed by atoms with E-state index < -0.39 is 11.5 Å².